The lowest BCUT2D eigenvalue weighted by Crippen LogP contribution is -2.34. The van der Waals surface area contributed by atoms with Crippen LogP contribution >= 0.6 is 0 Å². The molecule has 9 heteroatoms. The molecule has 0 aliphatic heterocycles. The Labute approximate surface area is 160 Å². The zero-order valence-electron chi connectivity index (χ0n) is 16.2. The van der Waals surface area contributed by atoms with E-state index in [1.54, 1.807) is 20.0 Å². The summed E-state index contributed by atoms with van der Waals surface area (Å²) >= 11 is 0. The van der Waals surface area contributed by atoms with Gasteiger partial charge in [-0.25, -0.2) is 22.2 Å². The van der Waals surface area contributed by atoms with Crippen LogP contribution in [0.15, 0.2) is 30.3 Å². The third kappa shape index (κ3) is 5.80. The number of urea groups is 1. The van der Waals surface area contributed by atoms with Gasteiger partial charge in [0, 0.05) is 31.5 Å². The van der Waals surface area contributed by atoms with Gasteiger partial charge in [-0.3, -0.25) is 0 Å². The van der Waals surface area contributed by atoms with E-state index in [1.807, 2.05) is 42.8 Å². The van der Waals surface area contributed by atoms with Crippen molar-refractivity contribution in [1.29, 1.82) is 0 Å². The molecule has 148 valence electrons. The van der Waals surface area contributed by atoms with Crippen LogP contribution in [0.4, 0.5) is 10.5 Å². The number of rotatable bonds is 8. The monoisotopic (exact) mass is 393 g/mol. The predicted molar refractivity (Wildman–Crippen MR) is 107 cm³/mol. The number of amides is 2. The largest absolute Gasteiger partial charge is 0.338 e. The second kappa shape index (κ2) is 9.01. The highest BCUT2D eigenvalue weighted by Gasteiger charge is 2.14. The number of anilines is 1. The molecule has 0 aliphatic rings. The first-order valence-corrected chi connectivity index (χ1v) is 10.5. The van der Waals surface area contributed by atoms with Gasteiger partial charge in [0.05, 0.1) is 17.1 Å². The maximum Gasteiger partial charge on any atom is 0.319 e. The summed E-state index contributed by atoms with van der Waals surface area (Å²) in [5.74, 6) is 0.0724. The van der Waals surface area contributed by atoms with E-state index in [0.717, 1.165) is 17.1 Å². The Balaban J connectivity index is 1.86. The third-order valence-corrected chi connectivity index (χ3v) is 6.00. The average Bonchev–Trinajstić information content (AvgIpc) is 2.97. The van der Waals surface area contributed by atoms with E-state index in [-0.39, 0.29) is 11.8 Å². The van der Waals surface area contributed by atoms with E-state index in [0.29, 0.717) is 25.2 Å². The van der Waals surface area contributed by atoms with Crippen LogP contribution < -0.4 is 10.6 Å². The number of benzene rings is 1. The third-order valence-electron chi connectivity index (χ3n) is 4.13. The smallest absolute Gasteiger partial charge is 0.319 e. The number of hydrogen-bond acceptors (Lipinski definition) is 4. The van der Waals surface area contributed by atoms with Gasteiger partial charge >= 0.3 is 6.03 Å². The number of carbonyl (C=O) groups excluding carboxylic acids is 1. The molecule has 1 heterocycles. The summed E-state index contributed by atoms with van der Waals surface area (Å²) in [5, 5.41) is 9.96. The Kier molecular flexibility index (Phi) is 6.98. The van der Waals surface area contributed by atoms with Crippen LogP contribution in [-0.2, 0) is 10.0 Å². The number of hydrogen-bond donors (Lipinski definition) is 2. The van der Waals surface area contributed by atoms with Crippen molar-refractivity contribution in [3.05, 3.63) is 41.7 Å². The van der Waals surface area contributed by atoms with Gasteiger partial charge in [0.25, 0.3) is 0 Å². The molecule has 2 amide bonds. The Morgan fingerprint density at radius 3 is 2.63 bits per heavy atom. The molecule has 8 nitrogen and oxygen atoms in total. The maximum absolute atomic E-state index is 12.1. The van der Waals surface area contributed by atoms with Crippen molar-refractivity contribution in [1.82, 2.24) is 19.4 Å². The maximum atomic E-state index is 12.1. The van der Waals surface area contributed by atoms with Crippen molar-refractivity contribution in [2.24, 2.45) is 0 Å². The van der Waals surface area contributed by atoms with Crippen LogP contribution in [0.3, 0.4) is 0 Å². The number of nitrogens with zero attached hydrogens (tertiary/aromatic N) is 3. The summed E-state index contributed by atoms with van der Waals surface area (Å²) in [6.07, 6.45) is 0.537. The molecule has 1 aromatic carbocycles. The lowest BCUT2D eigenvalue weighted by molar-refractivity contribution is 0.251. The molecule has 0 saturated heterocycles. The number of sulfonamides is 1. The van der Waals surface area contributed by atoms with Gasteiger partial charge in [-0.1, -0.05) is 6.07 Å². The summed E-state index contributed by atoms with van der Waals surface area (Å²) in [4.78, 5) is 12.1. The van der Waals surface area contributed by atoms with Crippen LogP contribution in [0.2, 0.25) is 0 Å². The highest BCUT2D eigenvalue weighted by Crippen LogP contribution is 2.16. The van der Waals surface area contributed by atoms with Gasteiger partial charge in [0.1, 0.15) is 0 Å². The molecule has 0 aliphatic carbocycles. The standard InChI is InChI=1S/C18H27N5O3S/c1-5-27(25,26)22(4)11-7-10-19-18(24)20-16-8-6-9-17(13-16)23-15(3)12-14(2)21-23/h6,8-9,12-13H,5,7,10-11H2,1-4H3,(H2,19,20,24). The van der Waals surface area contributed by atoms with Gasteiger partial charge in [0.15, 0.2) is 0 Å². The molecule has 0 fully saturated rings. The lowest BCUT2D eigenvalue weighted by atomic mass is 10.2. The molecule has 0 atom stereocenters. The number of carbonyl (C=O) groups is 1. The quantitative estimate of drug-likeness (QED) is 0.673. The minimum atomic E-state index is -3.18. The molecule has 0 unspecified atom stereocenters. The molecule has 1 aromatic heterocycles. The molecule has 0 bridgehead atoms. The molecular formula is C18H27N5O3S. The summed E-state index contributed by atoms with van der Waals surface area (Å²) < 4.78 is 26.5. The van der Waals surface area contributed by atoms with Gasteiger partial charge < -0.3 is 10.6 Å². The van der Waals surface area contributed by atoms with Crippen LogP contribution in [0.25, 0.3) is 5.69 Å². The molecule has 0 radical (unpaired) electrons. The fraction of sp³-hybridized carbons (Fsp3) is 0.444. The Bertz CT molecular complexity index is 892. The summed E-state index contributed by atoms with van der Waals surface area (Å²) in [6.45, 7) is 6.26. The van der Waals surface area contributed by atoms with Gasteiger partial charge in [-0.2, -0.15) is 5.10 Å². The van der Waals surface area contributed by atoms with E-state index >= 15 is 0 Å². The number of nitrogens with one attached hydrogen (secondary N) is 2. The molecule has 0 spiro atoms. The number of aromatic nitrogens is 2. The van der Waals surface area contributed by atoms with E-state index in [2.05, 4.69) is 15.7 Å². The van der Waals surface area contributed by atoms with E-state index < -0.39 is 10.0 Å². The van der Waals surface area contributed by atoms with Crippen molar-refractivity contribution in [3.63, 3.8) is 0 Å². The van der Waals surface area contributed by atoms with E-state index in [1.165, 1.54) is 4.31 Å². The highest BCUT2D eigenvalue weighted by molar-refractivity contribution is 7.89. The molecule has 2 aromatic rings. The van der Waals surface area contributed by atoms with E-state index in [4.69, 9.17) is 0 Å². The SMILES string of the molecule is CCS(=O)(=O)N(C)CCCNC(=O)Nc1cccc(-n2nc(C)cc2C)c1. The first-order valence-electron chi connectivity index (χ1n) is 8.85. The highest BCUT2D eigenvalue weighted by atomic mass is 32.2. The molecule has 2 N–H and O–H groups in total. The van der Waals surface area contributed by atoms with Crippen molar-refractivity contribution in [2.75, 3.05) is 31.2 Å². The summed E-state index contributed by atoms with van der Waals surface area (Å²) in [6, 6.07) is 9.08. The van der Waals surface area contributed by atoms with Crippen LogP contribution in [-0.4, -0.2) is 54.4 Å². The molecular weight excluding hydrogens is 366 g/mol. The first-order chi connectivity index (χ1) is 12.7. The van der Waals surface area contributed by atoms with Gasteiger partial charge in [0.2, 0.25) is 10.0 Å². The Morgan fingerprint density at radius 1 is 1.26 bits per heavy atom. The van der Waals surface area contributed by atoms with Gasteiger partial charge in [-0.15, -0.1) is 0 Å². The molecule has 27 heavy (non-hydrogen) atoms. The lowest BCUT2D eigenvalue weighted by Gasteiger charge is -2.16. The molecule has 0 saturated carbocycles. The van der Waals surface area contributed by atoms with Crippen LogP contribution in [0.5, 0.6) is 0 Å². The normalized spacial score (nSPS) is 11.6. The minimum absolute atomic E-state index is 0.0724. The second-order valence-corrected chi connectivity index (χ2v) is 8.71. The van der Waals surface area contributed by atoms with Crippen molar-refractivity contribution >= 4 is 21.7 Å². The van der Waals surface area contributed by atoms with Gasteiger partial charge in [-0.05, 0) is 51.5 Å². The Morgan fingerprint density at radius 2 is 2.00 bits per heavy atom. The summed E-state index contributed by atoms with van der Waals surface area (Å²) in [7, 11) is -1.64. The zero-order valence-corrected chi connectivity index (χ0v) is 17.0. The van der Waals surface area contributed by atoms with Crippen LogP contribution in [0.1, 0.15) is 24.7 Å². The summed E-state index contributed by atoms with van der Waals surface area (Å²) in [5.41, 5.74) is 3.46. The first kappa shape index (κ1) is 20.9. The number of aryl methyl sites for hydroxylation is 2. The van der Waals surface area contributed by atoms with Crippen molar-refractivity contribution < 1.29 is 13.2 Å². The predicted octanol–water partition coefficient (Wildman–Crippen LogP) is 2.28. The molecule has 2 rings (SSSR count). The van der Waals surface area contributed by atoms with Crippen molar-refractivity contribution in [3.8, 4) is 5.69 Å². The Hall–Kier alpha value is -2.39. The fourth-order valence-electron chi connectivity index (χ4n) is 2.64. The zero-order chi connectivity index (χ0) is 20.0. The fourth-order valence-corrected chi connectivity index (χ4v) is 3.49. The van der Waals surface area contributed by atoms with E-state index in [9.17, 15) is 13.2 Å². The minimum Gasteiger partial charge on any atom is -0.338 e. The van der Waals surface area contributed by atoms with Crippen molar-refractivity contribution in [2.45, 2.75) is 27.2 Å². The van der Waals surface area contributed by atoms with Crippen LogP contribution in [0, 0.1) is 13.8 Å². The topological polar surface area (TPSA) is 96.3 Å². The second-order valence-electron chi connectivity index (χ2n) is 6.35. The average molecular weight is 394 g/mol.